The zero-order valence-electron chi connectivity index (χ0n) is 14.1. The number of para-hydroxylation sites is 1. The number of aryl methyl sites for hydroxylation is 2. The van der Waals surface area contributed by atoms with Gasteiger partial charge in [0.25, 0.3) is 0 Å². The third kappa shape index (κ3) is 7.47. The van der Waals surface area contributed by atoms with Crippen LogP contribution in [0.5, 0.6) is 0 Å². The van der Waals surface area contributed by atoms with Gasteiger partial charge in [0.15, 0.2) is 5.96 Å². The van der Waals surface area contributed by atoms with Crippen LogP contribution in [0.25, 0.3) is 0 Å². The molecule has 1 aromatic rings. The van der Waals surface area contributed by atoms with E-state index in [4.69, 9.17) is 10.5 Å². The van der Waals surface area contributed by atoms with Crippen LogP contribution in [0.4, 0.5) is 5.69 Å². The Kier molecular flexibility index (Phi) is 8.05. The number of rotatable bonds is 9. The lowest BCUT2D eigenvalue weighted by atomic mass is 10.0. The zero-order valence-corrected chi connectivity index (χ0v) is 14.9. The van der Waals surface area contributed by atoms with Crippen molar-refractivity contribution >= 4 is 21.5 Å². The normalized spacial score (nSPS) is 12.4. The van der Waals surface area contributed by atoms with Crippen molar-refractivity contribution in [2.45, 2.75) is 26.7 Å². The highest BCUT2D eigenvalue weighted by atomic mass is 32.2. The van der Waals surface area contributed by atoms with E-state index in [1.54, 1.807) is 0 Å². The second kappa shape index (κ2) is 9.52. The summed E-state index contributed by atoms with van der Waals surface area (Å²) in [6.45, 7) is 5.11. The molecule has 0 aromatic heterocycles. The van der Waals surface area contributed by atoms with Crippen LogP contribution < -0.4 is 11.1 Å². The highest BCUT2D eigenvalue weighted by Gasteiger charge is 2.07. The number of hydrogen-bond donors (Lipinski definition) is 2. The molecule has 3 N–H and O–H groups in total. The summed E-state index contributed by atoms with van der Waals surface area (Å²) in [5.41, 5.74) is 9.35. The van der Waals surface area contributed by atoms with Crippen LogP contribution in [0.1, 0.15) is 25.0 Å². The predicted molar refractivity (Wildman–Crippen MR) is 95.8 cm³/mol. The molecule has 0 heterocycles. The third-order valence-corrected chi connectivity index (χ3v) is 4.28. The standard InChI is InChI=1S/C16H27N3O3S/c1-4-13-7-6-8-14(5-2)15(13)19-16(17)18-9-10-22-11-12-23(3,20)21/h6-8H,4-5,9-12H2,1-3H3,(H3,17,18,19). The smallest absolute Gasteiger partial charge is 0.193 e. The van der Waals surface area contributed by atoms with Gasteiger partial charge in [0, 0.05) is 11.9 Å². The van der Waals surface area contributed by atoms with Gasteiger partial charge in [0.1, 0.15) is 9.84 Å². The Hall–Kier alpha value is -1.60. The molecule has 0 saturated carbocycles. The summed E-state index contributed by atoms with van der Waals surface area (Å²) in [6.07, 6.45) is 3.02. The maximum atomic E-state index is 11.0. The van der Waals surface area contributed by atoms with E-state index in [9.17, 15) is 8.42 Å². The van der Waals surface area contributed by atoms with Crippen molar-refractivity contribution in [1.82, 2.24) is 0 Å². The van der Waals surface area contributed by atoms with Crippen LogP contribution in [0, 0.1) is 0 Å². The summed E-state index contributed by atoms with van der Waals surface area (Å²) >= 11 is 0. The number of benzene rings is 1. The molecule has 23 heavy (non-hydrogen) atoms. The lowest BCUT2D eigenvalue weighted by Crippen LogP contribution is -2.25. The van der Waals surface area contributed by atoms with E-state index in [0.29, 0.717) is 19.1 Å². The van der Waals surface area contributed by atoms with Crippen molar-refractivity contribution < 1.29 is 13.2 Å². The maximum absolute atomic E-state index is 11.0. The van der Waals surface area contributed by atoms with E-state index in [1.807, 2.05) is 6.07 Å². The first-order valence-corrected chi connectivity index (χ1v) is 9.86. The average Bonchev–Trinajstić information content (AvgIpc) is 2.49. The van der Waals surface area contributed by atoms with Gasteiger partial charge in [0.05, 0.1) is 25.5 Å². The van der Waals surface area contributed by atoms with Crippen LogP contribution in [0.3, 0.4) is 0 Å². The number of guanidine groups is 1. The van der Waals surface area contributed by atoms with Gasteiger partial charge in [0.2, 0.25) is 0 Å². The van der Waals surface area contributed by atoms with E-state index in [2.05, 4.69) is 36.3 Å². The monoisotopic (exact) mass is 341 g/mol. The number of hydrogen-bond acceptors (Lipinski definition) is 4. The Morgan fingerprint density at radius 1 is 1.22 bits per heavy atom. The SMILES string of the molecule is CCc1cccc(CC)c1NC(N)=NCCOCCS(C)(=O)=O. The fraction of sp³-hybridized carbons (Fsp3) is 0.562. The second-order valence-corrected chi connectivity index (χ2v) is 7.55. The Morgan fingerprint density at radius 3 is 2.35 bits per heavy atom. The van der Waals surface area contributed by atoms with Gasteiger partial charge in [-0.1, -0.05) is 32.0 Å². The number of sulfone groups is 1. The summed E-state index contributed by atoms with van der Waals surface area (Å²) in [5, 5.41) is 3.17. The molecule has 0 spiro atoms. The average molecular weight is 341 g/mol. The van der Waals surface area contributed by atoms with E-state index in [-0.39, 0.29) is 12.4 Å². The molecule has 1 rings (SSSR count). The molecular weight excluding hydrogens is 314 g/mol. The molecule has 1 aromatic carbocycles. The zero-order chi connectivity index (χ0) is 17.3. The minimum atomic E-state index is -2.98. The third-order valence-electron chi connectivity index (χ3n) is 3.37. The molecule has 0 radical (unpaired) electrons. The van der Waals surface area contributed by atoms with Gasteiger partial charge in [-0.05, 0) is 24.0 Å². The fourth-order valence-corrected chi connectivity index (χ4v) is 2.53. The highest BCUT2D eigenvalue weighted by Crippen LogP contribution is 2.22. The van der Waals surface area contributed by atoms with Gasteiger partial charge in [-0.3, -0.25) is 4.99 Å². The number of ether oxygens (including phenoxy) is 1. The fourth-order valence-electron chi connectivity index (χ4n) is 2.11. The van der Waals surface area contributed by atoms with Crippen molar-refractivity contribution in [3.8, 4) is 0 Å². The first-order chi connectivity index (χ1) is 10.9. The van der Waals surface area contributed by atoms with Crippen LogP contribution in [-0.4, -0.2) is 46.1 Å². The summed E-state index contributed by atoms with van der Waals surface area (Å²) in [7, 11) is -2.98. The first kappa shape index (κ1) is 19.4. The molecule has 7 heteroatoms. The molecule has 0 bridgehead atoms. The van der Waals surface area contributed by atoms with E-state index in [1.165, 1.54) is 17.4 Å². The summed E-state index contributed by atoms with van der Waals surface area (Å²) < 4.78 is 27.1. The number of anilines is 1. The lowest BCUT2D eigenvalue weighted by molar-refractivity contribution is 0.157. The lowest BCUT2D eigenvalue weighted by Gasteiger charge is -2.14. The van der Waals surface area contributed by atoms with Crippen LogP contribution in [0.15, 0.2) is 23.2 Å². The Morgan fingerprint density at radius 2 is 1.83 bits per heavy atom. The topological polar surface area (TPSA) is 93.8 Å². The first-order valence-electron chi connectivity index (χ1n) is 7.80. The molecule has 0 unspecified atom stereocenters. The van der Waals surface area contributed by atoms with Gasteiger partial charge in [-0.2, -0.15) is 0 Å². The van der Waals surface area contributed by atoms with Gasteiger partial charge in [-0.15, -0.1) is 0 Å². The molecule has 6 nitrogen and oxygen atoms in total. The molecule has 0 saturated heterocycles. The van der Waals surface area contributed by atoms with E-state index in [0.717, 1.165) is 18.5 Å². The predicted octanol–water partition coefficient (Wildman–Crippen LogP) is 1.60. The van der Waals surface area contributed by atoms with E-state index >= 15 is 0 Å². The molecule has 0 aliphatic rings. The van der Waals surface area contributed by atoms with Gasteiger partial charge < -0.3 is 15.8 Å². The number of nitrogens with zero attached hydrogens (tertiary/aromatic N) is 1. The van der Waals surface area contributed by atoms with Crippen molar-refractivity contribution in [3.05, 3.63) is 29.3 Å². The van der Waals surface area contributed by atoms with Gasteiger partial charge >= 0.3 is 0 Å². The van der Waals surface area contributed by atoms with E-state index < -0.39 is 9.84 Å². The Bertz CT molecular complexity index is 605. The largest absolute Gasteiger partial charge is 0.378 e. The van der Waals surface area contributed by atoms with Crippen molar-refractivity contribution in [1.29, 1.82) is 0 Å². The molecule has 130 valence electrons. The summed E-state index contributed by atoms with van der Waals surface area (Å²) in [4.78, 5) is 4.21. The Balaban J connectivity index is 2.51. The van der Waals surface area contributed by atoms with Crippen molar-refractivity contribution in [2.75, 3.05) is 37.1 Å². The molecule has 0 aliphatic carbocycles. The molecule has 0 aliphatic heterocycles. The van der Waals surface area contributed by atoms with Crippen molar-refractivity contribution in [2.24, 2.45) is 10.7 Å². The Labute approximate surface area is 139 Å². The summed E-state index contributed by atoms with van der Waals surface area (Å²) in [5.74, 6) is 0.362. The molecule has 0 atom stereocenters. The second-order valence-electron chi connectivity index (χ2n) is 5.29. The number of aliphatic imine (C=N–C) groups is 1. The van der Waals surface area contributed by atoms with Gasteiger partial charge in [-0.25, -0.2) is 8.42 Å². The quantitative estimate of drug-likeness (QED) is 0.404. The van der Waals surface area contributed by atoms with Crippen LogP contribution in [-0.2, 0) is 27.4 Å². The highest BCUT2D eigenvalue weighted by molar-refractivity contribution is 7.90. The molecule has 0 fully saturated rings. The van der Waals surface area contributed by atoms with Crippen LogP contribution >= 0.6 is 0 Å². The van der Waals surface area contributed by atoms with Crippen molar-refractivity contribution in [3.63, 3.8) is 0 Å². The minimum Gasteiger partial charge on any atom is -0.378 e. The number of nitrogens with one attached hydrogen (secondary N) is 1. The minimum absolute atomic E-state index is 0.0220. The summed E-state index contributed by atoms with van der Waals surface area (Å²) in [6, 6.07) is 6.19. The van der Waals surface area contributed by atoms with Crippen LogP contribution in [0.2, 0.25) is 0 Å². The maximum Gasteiger partial charge on any atom is 0.193 e. The molecule has 0 amide bonds. The molecular formula is C16H27N3O3S. The number of nitrogens with two attached hydrogens (primary N) is 1.